The number of nitrogens with zero attached hydrogens (tertiary/aromatic N) is 4. The number of allylic oxidation sites excluding steroid dienone is 1. The highest BCUT2D eigenvalue weighted by molar-refractivity contribution is 7.90. The zero-order chi connectivity index (χ0) is 22.9. The molecular formula is C22H24N4O4S2. The number of benzene rings is 2. The van der Waals surface area contributed by atoms with Gasteiger partial charge in [-0.2, -0.15) is 12.7 Å². The molecule has 1 aliphatic rings. The molecular weight excluding hydrogens is 448 g/mol. The van der Waals surface area contributed by atoms with Gasteiger partial charge in [0.1, 0.15) is 0 Å². The van der Waals surface area contributed by atoms with Gasteiger partial charge in [-0.3, -0.25) is 0 Å². The lowest BCUT2D eigenvalue weighted by molar-refractivity contribution is 0.433. The molecule has 3 aromatic rings. The lowest BCUT2D eigenvalue weighted by atomic mass is 10.2. The molecule has 1 fully saturated rings. The average molecular weight is 473 g/mol. The Hall–Kier alpha value is -2.82. The highest BCUT2D eigenvalue weighted by atomic mass is 32.2. The minimum Gasteiger partial charge on any atom is -0.207 e. The summed E-state index contributed by atoms with van der Waals surface area (Å²) in [6.07, 6.45) is 5.11. The summed E-state index contributed by atoms with van der Waals surface area (Å²) in [5.41, 5.74) is 3.34. The topological polar surface area (TPSA) is 102 Å². The predicted octanol–water partition coefficient (Wildman–Crippen LogP) is 3.04. The fourth-order valence-electron chi connectivity index (χ4n) is 3.08. The number of aromatic nitrogens is 3. The van der Waals surface area contributed by atoms with Crippen molar-refractivity contribution in [1.82, 2.24) is 18.7 Å². The molecule has 2 aromatic carbocycles. The first kappa shape index (κ1) is 22.4. The minimum atomic E-state index is -3.92. The van der Waals surface area contributed by atoms with Gasteiger partial charge in [-0.05, 0) is 51.0 Å². The summed E-state index contributed by atoms with van der Waals surface area (Å²) in [7, 11) is -7.72. The van der Waals surface area contributed by atoms with Crippen molar-refractivity contribution in [1.29, 1.82) is 0 Å². The Bertz CT molecular complexity index is 1350. The van der Waals surface area contributed by atoms with Crippen molar-refractivity contribution in [3.05, 3.63) is 83.2 Å². The van der Waals surface area contributed by atoms with Gasteiger partial charge in [0.05, 0.1) is 28.2 Å². The van der Waals surface area contributed by atoms with E-state index in [0.717, 1.165) is 28.1 Å². The fourth-order valence-corrected chi connectivity index (χ4v) is 5.52. The molecule has 0 bridgehead atoms. The molecule has 0 spiro atoms. The van der Waals surface area contributed by atoms with Gasteiger partial charge in [-0.1, -0.05) is 52.3 Å². The molecule has 0 saturated heterocycles. The zero-order valence-corrected chi connectivity index (χ0v) is 19.5. The summed E-state index contributed by atoms with van der Waals surface area (Å²) in [6.45, 7) is 3.84. The van der Waals surface area contributed by atoms with Crippen molar-refractivity contribution in [2.24, 2.45) is 0 Å². The van der Waals surface area contributed by atoms with E-state index >= 15 is 0 Å². The van der Waals surface area contributed by atoms with Crippen molar-refractivity contribution in [2.75, 3.05) is 6.54 Å². The van der Waals surface area contributed by atoms with Gasteiger partial charge in [0.15, 0.2) is 0 Å². The summed E-state index contributed by atoms with van der Waals surface area (Å²) in [5, 5.41) is 7.69. The van der Waals surface area contributed by atoms with E-state index in [2.05, 4.69) is 10.3 Å². The molecule has 0 unspecified atom stereocenters. The second kappa shape index (κ2) is 8.61. The Balaban J connectivity index is 1.62. The Labute approximate surface area is 188 Å². The van der Waals surface area contributed by atoms with Crippen LogP contribution in [0.15, 0.2) is 76.2 Å². The van der Waals surface area contributed by atoms with E-state index in [1.54, 1.807) is 36.4 Å². The summed E-state index contributed by atoms with van der Waals surface area (Å²) in [6, 6.07) is 13.0. The summed E-state index contributed by atoms with van der Waals surface area (Å²) in [5.74, 6) is 0. The van der Waals surface area contributed by atoms with Crippen LogP contribution in [-0.4, -0.2) is 42.1 Å². The normalized spacial score (nSPS) is 14.0. The number of hydrogen-bond acceptors (Lipinski definition) is 6. The molecule has 0 amide bonds. The Morgan fingerprint density at radius 1 is 0.906 bits per heavy atom. The van der Waals surface area contributed by atoms with Gasteiger partial charge in [0.2, 0.25) is 10.0 Å². The van der Waals surface area contributed by atoms with Crippen LogP contribution in [-0.2, 0) is 26.6 Å². The molecule has 0 atom stereocenters. The maximum Gasteiger partial charge on any atom is 0.284 e. The second-order valence-electron chi connectivity index (χ2n) is 7.87. The highest BCUT2D eigenvalue weighted by Crippen LogP contribution is 2.28. The molecule has 0 radical (unpaired) electrons. The maximum atomic E-state index is 13.3. The summed E-state index contributed by atoms with van der Waals surface area (Å²) >= 11 is 0. The smallest absolute Gasteiger partial charge is 0.207 e. The van der Waals surface area contributed by atoms with Crippen LogP contribution in [0.5, 0.6) is 0 Å². The van der Waals surface area contributed by atoms with Gasteiger partial charge >= 0.3 is 0 Å². The van der Waals surface area contributed by atoms with Crippen LogP contribution in [0.4, 0.5) is 0 Å². The third-order valence-corrected chi connectivity index (χ3v) is 8.57. The van der Waals surface area contributed by atoms with Crippen LogP contribution in [0.3, 0.4) is 0 Å². The van der Waals surface area contributed by atoms with Gasteiger partial charge in [0, 0.05) is 6.54 Å². The lowest BCUT2D eigenvalue weighted by Gasteiger charge is -2.19. The maximum absolute atomic E-state index is 13.3. The van der Waals surface area contributed by atoms with Gasteiger partial charge in [0.25, 0.3) is 10.0 Å². The van der Waals surface area contributed by atoms with Crippen molar-refractivity contribution in [3.63, 3.8) is 0 Å². The largest absolute Gasteiger partial charge is 0.284 e. The van der Waals surface area contributed by atoms with Crippen LogP contribution >= 0.6 is 0 Å². The van der Waals surface area contributed by atoms with E-state index in [1.807, 2.05) is 19.9 Å². The van der Waals surface area contributed by atoms with Crippen LogP contribution in [0, 0.1) is 13.8 Å². The standard InChI is InChI=1S/C22H24N4O4S2/c1-17-3-9-21(10-4-17)31(27,28)25(14-13-19-7-8-19)15-20-16-26(24-23-20)32(29,30)22-11-5-18(2)6-12-22/h3-6,9-13,16H,7-8,14-15H2,1-2H3. The Morgan fingerprint density at radius 3 is 2.03 bits per heavy atom. The quantitative estimate of drug-likeness (QED) is 0.467. The molecule has 168 valence electrons. The third kappa shape index (κ3) is 4.82. The van der Waals surface area contributed by atoms with Crippen molar-refractivity contribution >= 4 is 20.0 Å². The van der Waals surface area contributed by atoms with Crippen molar-refractivity contribution in [2.45, 2.75) is 43.0 Å². The third-order valence-electron chi connectivity index (χ3n) is 5.21. The molecule has 10 heteroatoms. The van der Waals surface area contributed by atoms with E-state index in [4.69, 9.17) is 0 Å². The molecule has 1 aliphatic carbocycles. The van der Waals surface area contributed by atoms with Crippen molar-refractivity contribution in [3.8, 4) is 0 Å². The zero-order valence-electron chi connectivity index (χ0n) is 17.8. The molecule has 4 rings (SSSR count). The van der Waals surface area contributed by atoms with Gasteiger partial charge in [-0.25, -0.2) is 8.42 Å². The molecule has 1 heterocycles. The summed E-state index contributed by atoms with van der Waals surface area (Å²) in [4.78, 5) is 0.263. The molecule has 32 heavy (non-hydrogen) atoms. The summed E-state index contributed by atoms with van der Waals surface area (Å²) < 4.78 is 54.3. The first-order valence-corrected chi connectivity index (χ1v) is 13.0. The minimum absolute atomic E-state index is 0.0853. The molecule has 0 aliphatic heterocycles. The van der Waals surface area contributed by atoms with E-state index < -0.39 is 20.0 Å². The van der Waals surface area contributed by atoms with Crippen LogP contribution in [0.2, 0.25) is 0 Å². The van der Waals surface area contributed by atoms with E-state index in [9.17, 15) is 16.8 Å². The van der Waals surface area contributed by atoms with Gasteiger partial charge < -0.3 is 0 Å². The monoisotopic (exact) mass is 472 g/mol. The van der Waals surface area contributed by atoms with E-state index in [1.165, 1.54) is 28.2 Å². The van der Waals surface area contributed by atoms with Crippen molar-refractivity contribution < 1.29 is 16.8 Å². The predicted molar refractivity (Wildman–Crippen MR) is 120 cm³/mol. The Kier molecular flexibility index (Phi) is 6.02. The highest BCUT2D eigenvalue weighted by Gasteiger charge is 2.27. The van der Waals surface area contributed by atoms with E-state index in [0.29, 0.717) is 0 Å². The number of aryl methyl sites for hydroxylation is 2. The first-order chi connectivity index (χ1) is 15.2. The number of rotatable bonds is 8. The molecule has 1 aromatic heterocycles. The molecule has 0 N–H and O–H groups in total. The first-order valence-electron chi connectivity index (χ1n) is 10.1. The SMILES string of the molecule is Cc1ccc(S(=O)(=O)N(CC=C2CC2)Cc2cn(S(=O)(=O)c3ccc(C)cc3)nn2)cc1. The second-order valence-corrected chi connectivity index (χ2v) is 11.6. The van der Waals surface area contributed by atoms with E-state index in [-0.39, 0.29) is 28.6 Å². The fraction of sp³-hybridized carbons (Fsp3) is 0.273. The van der Waals surface area contributed by atoms with Crippen LogP contribution in [0.1, 0.15) is 29.7 Å². The number of hydrogen-bond donors (Lipinski definition) is 0. The van der Waals surface area contributed by atoms with Crippen LogP contribution in [0.25, 0.3) is 0 Å². The van der Waals surface area contributed by atoms with Crippen LogP contribution < -0.4 is 0 Å². The number of sulfonamides is 1. The molecule has 1 saturated carbocycles. The van der Waals surface area contributed by atoms with Gasteiger partial charge in [-0.15, -0.1) is 9.19 Å². The molecule has 8 nitrogen and oxygen atoms in total. The Morgan fingerprint density at radius 2 is 1.47 bits per heavy atom. The lowest BCUT2D eigenvalue weighted by Crippen LogP contribution is -2.31. The average Bonchev–Trinajstić information content (AvgIpc) is 3.46.